The molecule has 0 aromatic carbocycles. The summed E-state index contributed by atoms with van der Waals surface area (Å²) in [6.07, 6.45) is 2.57. The summed E-state index contributed by atoms with van der Waals surface area (Å²) in [5.41, 5.74) is 5.57. The molecule has 1 aromatic rings. The molecule has 4 heteroatoms. The molecule has 3 N–H and O–H groups in total. The molecule has 1 fully saturated rings. The van der Waals surface area contributed by atoms with E-state index in [1.807, 2.05) is 0 Å². The van der Waals surface area contributed by atoms with Crippen LogP contribution in [0.4, 0.5) is 0 Å². The van der Waals surface area contributed by atoms with E-state index >= 15 is 0 Å². The van der Waals surface area contributed by atoms with Crippen molar-refractivity contribution in [2.75, 3.05) is 0 Å². The lowest BCUT2D eigenvalue weighted by Crippen LogP contribution is -2.01. The average molecular weight is 124 g/mol. The lowest BCUT2D eigenvalue weighted by molar-refractivity contribution is 0.891. The minimum absolute atomic E-state index is 0.318. The van der Waals surface area contributed by atoms with Crippen LogP contribution in [-0.2, 0) is 0 Å². The zero-order chi connectivity index (χ0) is 6.27. The molecule has 0 saturated heterocycles. The predicted molar refractivity (Wildman–Crippen MR) is 31.7 cm³/mol. The standard InChI is InChI=1S/C5H8N4/c6-4-1-3(4)5-7-2-8-9-5/h2-4H,1,6H2,(H,7,8,9)/t3-,4-/m1/s1. The highest BCUT2D eigenvalue weighted by Gasteiger charge is 2.37. The zero-order valence-electron chi connectivity index (χ0n) is 4.91. The molecule has 2 atom stereocenters. The number of nitrogens with one attached hydrogen (secondary N) is 1. The van der Waals surface area contributed by atoms with Crippen LogP contribution < -0.4 is 5.73 Å². The van der Waals surface area contributed by atoms with Crippen molar-refractivity contribution in [2.45, 2.75) is 18.4 Å². The van der Waals surface area contributed by atoms with E-state index in [1.54, 1.807) is 0 Å². The molecule has 0 aliphatic heterocycles. The van der Waals surface area contributed by atoms with E-state index in [9.17, 15) is 0 Å². The quantitative estimate of drug-likeness (QED) is 0.536. The number of rotatable bonds is 1. The summed E-state index contributed by atoms with van der Waals surface area (Å²) in [6.45, 7) is 0. The van der Waals surface area contributed by atoms with Gasteiger partial charge in [-0.25, -0.2) is 4.98 Å². The van der Waals surface area contributed by atoms with Crippen LogP contribution in [0.5, 0.6) is 0 Å². The molecule has 0 spiro atoms. The van der Waals surface area contributed by atoms with Gasteiger partial charge < -0.3 is 5.73 Å². The Hall–Kier alpha value is -0.900. The third-order valence-electron chi connectivity index (χ3n) is 1.62. The Morgan fingerprint density at radius 2 is 2.56 bits per heavy atom. The Balaban J connectivity index is 2.18. The number of hydrogen-bond donors (Lipinski definition) is 2. The van der Waals surface area contributed by atoms with Crippen molar-refractivity contribution in [1.82, 2.24) is 15.2 Å². The summed E-state index contributed by atoms with van der Waals surface area (Å²) >= 11 is 0. The van der Waals surface area contributed by atoms with Crippen LogP contribution in [0.1, 0.15) is 18.2 Å². The Morgan fingerprint density at radius 3 is 3.00 bits per heavy atom. The normalized spacial score (nSPS) is 32.6. The lowest BCUT2D eigenvalue weighted by atomic mass is 10.4. The molecule has 1 heterocycles. The van der Waals surface area contributed by atoms with Gasteiger partial charge in [-0.15, -0.1) is 0 Å². The Kier molecular flexibility index (Phi) is 0.843. The predicted octanol–water partition coefficient (Wildman–Crippen LogP) is -0.381. The van der Waals surface area contributed by atoms with Crippen molar-refractivity contribution >= 4 is 0 Å². The monoisotopic (exact) mass is 124 g/mol. The first-order valence-electron chi connectivity index (χ1n) is 2.99. The van der Waals surface area contributed by atoms with Crippen LogP contribution in [-0.4, -0.2) is 21.2 Å². The highest BCUT2D eigenvalue weighted by molar-refractivity contribution is 5.10. The van der Waals surface area contributed by atoms with Gasteiger partial charge >= 0.3 is 0 Å². The molecule has 4 nitrogen and oxygen atoms in total. The first-order chi connectivity index (χ1) is 4.38. The largest absolute Gasteiger partial charge is 0.327 e. The van der Waals surface area contributed by atoms with Crippen LogP contribution in [0, 0.1) is 0 Å². The summed E-state index contributed by atoms with van der Waals surface area (Å²) in [5, 5.41) is 6.51. The molecule has 1 saturated carbocycles. The topological polar surface area (TPSA) is 67.6 Å². The van der Waals surface area contributed by atoms with Crippen LogP contribution >= 0.6 is 0 Å². The van der Waals surface area contributed by atoms with E-state index in [4.69, 9.17) is 5.73 Å². The molecule has 0 amide bonds. The Morgan fingerprint density at radius 1 is 1.78 bits per heavy atom. The number of H-pyrrole nitrogens is 1. The first kappa shape index (κ1) is 4.93. The van der Waals surface area contributed by atoms with Gasteiger partial charge in [0, 0.05) is 12.0 Å². The van der Waals surface area contributed by atoms with Gasteiger partial charge in [-0.2, -0.15) is 5.10 Å². The van der Waals surface area contributed by atoms with Crippen LogP contribution in [0.3, 0.4) is 0 Å². The van der Waals surface area contributed by atoms with Crippen molar-refractivity contribution in [3.05, 3.63) is 12.2 Å². The number of nitrogens with two attached hydrogens (primary N) is 1. The average Bonchev–Trinajstić information content (AvgIpc) is 2.44. The van der Waals surface area contributed by atoms with Crippen molar-refractivity contribution in [3.8, 4) is 0 Å². The van der Waals surface area contributed by atoms with Gasteiger partial charge in [0.05, 0.1) is 0 Å². The summed E-state index contributed by atoms with van der Waals surface area (Å²) in [7, 11) is 0. The van der Waals surface area contributed by atoms with E-state index in [0.717, 1.165) is 12.2 Å². The molecule has 1 aliphatic carbocycles. The summed E-state index contributed by atoms with van der Waals surface area (Å²) in [5.74, 6) is 1.38. The van der Waals surface area contributed by atoms with Gasteiger partial charge in [0.25, 0.3) is 0 Å². The fourth-order valence-electron chi connectivity index (χ4n) is 0.923. The van der Waals surface area contributed by atoms with E-state index in [-0.39, 0.29) is 0 Å². The molecule has 48 valence electrons. The maximum atomic E-state index is 5.57. The Bertz CT molecular complexity index is 193. The van der Waals surface area contributed by atoms with E-state index in [2.05, 4.69) is 15.2 Å². The molecular weight excluding hydrogens is 116 g/mol. The maximum absolute atomic E-state index is 5.57. The zero-order valence-corrected chi connectivity index (χ0v) is 4.91. The molecule has 0 bridgehead atoms. The summed E-state index contributed by atoms with van der Waals surface area (Å²) < 4.78 is 0. The van der Waals surface area contributed by atoms with Crippen LogP contribution in [0.2, 0.25) is 0 Å². The third-order valence-corrected chi connectivity index (χ3v) is 1.62. The molecule has 1 aromatic heterocycles. The van der Waals surface area contributed by atoms with Gasteiger partial charge in [-0.05, 0) is 6.42 Å². The van der Waals surface area contributed by atoms with Gasteiger partial charge in [-0.1, -0.05) is 0 Å². The van der Waals surface area contributed by atoms with Crippen molar-refractivity contribution in [1.29, 1.82) is 0 Å². The van der Waals surface area contributed by atoms with Crippen molar-refractivity contribution in [3.63, 3.8) is 0 Å². The van der Waals surface area contributed by atoms with Crippen molar-refractivity contribution < 1.29 is 0 Å². The second-order valence-corrected chi connectivity index (χ2v) is 2.38. The minimum Gasteiger partial charge on any atom is -0.327 e. The number of aromatic amines is 1. The van der Waals surface area contributed by atoms with Crippen LogP contribution in [0.25, 0.3) is 0 Å². The SMILES string of the molecule is N[C@@H]1C[C@H]1c1ncn[nH]1. The van der Waals surface area contributed by atoms with Gasteiger partial charge in [0.2, 0.25) is 0 Å². The number of hydrogen-bond acceptors (Lipinski definition) is 3. The van der Waals surface area contributed by atoms with E-state index in [0.29, 0.717) is 12.0 Å². The highest BCUT2D eigenvalue weighted by Crippen LogP contribution is 2.36. The molecular formula is C5H8N4. The minimum atomic E-state index is 0.318. The van der Waals surface area contributed by atoms with Crippen LogP contribution in [0.15, 0.2) is 6.33 Å². The number of aromatic nitrogens is 3. The molecule has 2 rings (SSSR count). The smallest absolute Gasteiger partial charge is 0.137 e. The second kappa shape index (κ2) is 1.54. The number of nitrogens with zero attached hydrogens (tertiary/aromatic N) is 2. The highest BCUT2D eigenvalue weighted by atomic mass is 15.2. The molecule has 1 aliphatic rings. The van der Waals surface area contributed by atoms with E-state index < -0.39 is 0 Å². The Labute approximate surface area is 52.5 Å². The van der Waals surface area contributed by atoms with Gasteiger partial charge in [-0.3, -0.25) is 5.10 Å². The van der Waals surface area contributed by atoms with Crippen molar-refractivity contribution in [2.24, 2.45) is 5.73 Å². The van der Waals surface area contributed by atoms with Gasteiger partial charge in [0.1, 0.15) is 12.2 Å². The van der Waals surface area contributed by atoms with E-state index in [1.165, 1.54) is 6.33 Å². The lowest BCUT2D eigenvalue weighted by Gasteiger charge is -1.84. The first-order valence-corrected chi connectivity index (χ1v) is 2.99. The molecule has 9 heavy (non-hydrogen) atoms. The molecule has 0 radical (unpaired) electrons. The maximum Gasteiger partial charge on any atom is 0.137 e. The summed E-state index contributed by atoms with van der Waals surface area (Å²) in [4.78, 5) is 3.98. The second-order valence-electron chi connectivity index (χ2n) is 2.38. The third kappa shape index (κ3) is 0.712. The fourth-order valence-corrected chi connectivity index (χ4v) is 0.923. The van der Waals surface area contributed by atoms with Gasteiger partial charge in [0.15, 0.2) is 0 Å². The molecule has 0 unspecified atom stereocenters. The fraction of sp³-hybridized carbons (Fsp3) is 0.600. The summed E-state index contributed by atoms with van der Waals surface area (Å²) in [6, 6.07) is 0.318.